The number of anilines is 1. The predicted molar refractivity (Wildman–Crippen MR) is 70.5 cm³/mol. The fourth-order valence-electron chi connectivity index (χ4n) is 2.26. The smallest absolute Gasteiger partial charge is 0.274 e. The topological polar surface area (TPSA) is 58.1 Å². The molecule has 2 heterocycles. The summed E-state index contributed by atoms with van der Waals surface area (Å²) in [6.45, 7) is 6.64. The Morgan fingerprint density at radius 2 is 2.33 bits per heavy atom. The number of aromatic nitrogens is 2. The molecular formula is C13H20N4O. The summed E-state index contributed by atoms with van der Waals surface area (Å²) < 4.78 is 0. The quantitative estimate of drug-likeness (QED) is 0.886. The molecule has 1 atom stereocenters. The lowest BCUT2D eigenvalue weighted by molar-refractivity contribution is 0.0676. The first-order valence-corrected chi connectivity index (χ1v) is 6.57. The molecule has 1 amide bonds. The molecule has 0 saturated carbocycles. The summed E-state index contributed by atoms with van der Waals surface area (Å²) in [4.78, 5) is 14.1. The summed E-state index contributed by atoms with van der Waals surface area (Å²) in [5.41, 5.74) is 0.436. The number of rotatable bonds is 3. The van der Waals surface area contributed by atoms with E-state index in [9.17, 15) is 4.79 Å². The van der Waals surface area contributed by atoms with Gasteiger partial charge in [0.2, 0.25) is 0 Å². The number of amides is 1. The fourth-order valence-corrected chi connectivity index (χ4v) is 2.26. The molecule has 1 aliphatic rings. The third kappa shape index (κ3) is 2.97. The van der Waals surface area contributed by atoms with Gasteiger partial charge in [0.15, 0.2) is 5.69 Å². The van der Waals surface area contributed by atoms with Crippen LogP contribution in [0, 0.1) is 5.92 Å². The monoisotopic (exact) mass is 248 g/mol. The zero-order chi connectivity index (χ0) is 13.0. The maximum absolute atomic E-state index is 12.2. The standard InChI is InChI=1S/C13H20N4O/c1-3-14-12-7-6-11(15-16-12)13(18)17-8-4-5-10(2)9-17/h6-7,10H,3-5,8-9H2,1-2H3,(H,14,16). The first-order chi connectivity index (χ1) is 8.70. The van der Waals surface area contributed by atoms with Crippen LogP contribution in [-0.2, 0) is 0 Å². The van der Waals surface area contributed by atoms with Gasteiger partial charge in [-0.15, -0.1) is 10.2 Å². The van der Waals surface area contributed by atoms with Crippen LogP contribution in [0.15, 0.2) is 12.1 Å². The Bertz CT molecular complexity index is 404. The molecule has 1 N–H and O–H groups in total. The van der Waals surface area contributed by atoms with Gasteiger partial charge in [0, 0.05) is 19.6 Å². The SMILES string of the molecule is CCNc1ccc(C(=O)N2CCCC(C)C2)nn1. The van der Waals surface area contributed by atoms with Gasteiger partial charge in [-0.1, -0.05) is 6.92 Å². The van der Waals surface area contributed by atoms with E-state index in [2.05, 4.69) is 22.4 Å². The zero-order valence-electron chi connectivity index (χ0n) is 11.0. The van der Waals surface area contributed by atoms with E-state index in [1.54, 1.807) is 12.1 Å². The highest BCUT2D eigenvalue weighted by atomic mass is 16.2. The van der Waals surface area contributed by atoms with Gasteiger partial charge in [0.25, 0.3) is 5.91 Å². The summed E-state index contributed by atoms with van der Waals surface area (Å²) in [6.07, 6.45) is 2.28. The van der Waals surface area contributed by atoms with Gasteiger partial charge in [0.1, 0.15) is 5.82 Å². The van der Waals surface area contributed by atoms with E-state index < -0.39 is 0 Å². The second-order valence-electron chi connectivity index (χ2n) is 4.83. The minimum Gasteiger partial charge on any atom is -0.369 e. The zero-order valence-corrected chi connectivity index (χ0v) is 11.0. The van der Waals surface area contributed by atoms with Gasteiger partial charge < -0.3 is 10.2 Å². The first-order valence-electron chi connectivity index (χ1n) is 6.57. The van der Waals surface area contributed by atoms with E-state index in [0.29, 0.717) is 17.4 Å². The average molecular weight is 248 g/mol. The molecule has 0 radical (unpaired) electrons. The average Bonchev–Trinajstić information content (AvgIpc) is 2.39. The Morgan fingerprint density at radius 3 is 2.94 bits per heavy atom. The van der Waals surface area contributed by atoms with Crippen LogP contribution in [0.25, 0.3) is 0 Å². The molecule has 2 rings (SSSR count). The maximum Gasteiger partial charge on any atom is 0.274 e. The number of piperidine rings is 1. The predicted octanol–water partition coefficient (Wildman–Crippen LogP) is 1.78. The molecule has 1 aromatic heterocycles. The molecule has 1 aliphatic heterocycles. The van der Waals surface area contributed by atoms with Crippen LogP contribution in [0.2, 0.25) is 0 Å². The number of nitrogens with one attached hydrogen (secondary N) is 1. The summed E-state index contributed by atoms with van der Waals surface area (Å²) in [6, 6.07) is 3.55. The highest BCUT2D eigenvalue weighted by molar-refractivity contribution is 5.92. The molecule has 1 aromatic rings. The molecule has 98 valence electrons. The third-order valence-electron chi connectivity index (χ3n) is 3.19. The Labute approximate surface area is 108 Å². The summed E-state index contributed by atoms with van der Waals surface area (Å²) in [5, 5.41) is 11.1. The highest BCUT2D eigenvalue weighted by Gasteiger charge is 2.22. The molecule has 5 heteroatoms. The van der Waals surface area contributed by atoms with Crippen molar-refractivity contribution in [1.29, 1.82) is 0 Å². The van der Waals surface area contributed by atoms with E-state index in [1.807, 2.05) is 11.8 Å². The van der Waals surface area contributed by atoms with Crippen LogP contribution in [0.1, 0.15) is 37.2 Å². The van der Waals surface area contributed by atoms with Crippen molar-refractivity contribution in [3.8, 4) is 0 Å². The molecule has 0 bridgehead atoms. The van der Waals surface area contributed by atoms with Gasteiger partial charge in [-0.3, -0.25) is 4.79 Å². The van der Waals surface area contributed by atoms with Crippen molar-refractivity contribution in [3.63, 3.8) is 0 Å². The summed E-state index contributed by atoms with van der Waals surface area (Å²) >= 11 is 0. The van der Waals surface area contributed by atoms with Crippen molar-refractivity contribution < 1.29 is 4.79 Å². The van der Waals surface area contributed by atoms with Gasteiger partial charge in [0.05, 0.1) is 0 Å². The maximum atomic E-state index is 12.2. The van der Waals surface area contributed by atoms with E-state index in [0.717, 1.165) is 26.1 Å². The number of carbonyl (C=O) groups excluding carboxylic acids is 1. The number of hydrogen-bond acceptors (Lipinski definition) is 4. The molecule has 0 spiro atoms. The molecule has 5 nitrogen and oxygen atoms in total. The number of nitrogens with zero attached hydrogens (tertiary/aromatic N) is 3. The van der Waals surface area contributed by atoms with Crippen LogP contribution in [0.5, 0.6) is 0 Å². The van der Waals surface area contributed by atoms with Crippen molar-refractivity contribution in [2.75, 3.05) is 25.0 Å². The second kappa shape index (κ2) is 5.80. The molecule has 18 heavy (non-hydrogen) atoms. The highest BCUT2D eigenvalue weighted by Crippen LogP contribution is 2.17. The van der Waals surface area contributed by atoms with Crippen molar-refractivity contribution in [3.05, 3.63) is 17.8 Å². The van der Waals surface area contributed by atoms with Gasteiger partial charge in [-0.2, -0.15) is 0 Å². The Hall–Kier alpha value is -1.65. The van der Waals surface area contributed by atoms with Crippen LogP contribution < -0.4 is 5.32 Å². The van der Waals surface area contributed by atoms with E-state index >= 15 is 0 Å². The van der Waals surface area contributed by atoms with Crippen molar-refractivity contribution in [1.82, 2.24) is 15.1 Å². The number of carbonyl (C=O) groups is 1. The Morgan fingerprint density at radius 1 is 1.50 bits per heavy atom. The van der Waals surface area contributed by atoms with Crippen LogP contribution in [0.4, 0.5) is 5.82 Å². The van der Waals surface area contributed by atoms with Crippen molar-refractivity contribution in [2.45, 2.75) is 26.7 Å². The molecule has 1 saturated heterocycles. The normalized spacial score (nSPS) is 19.7. The molecule has 0 aromatic carbocycles. The minimum atomic E-state index is -0.00269. The number of likely N-dealkylation sites (tertiary alicyclic amines) is 1. The van der Waals surface area contributed by atoms with Crippen LogP contribution in [-0.4, -0.2) is 40.6 Å². The molecule has 0 aliphatic carbocycles. The lowest BCUT2D eigenvalue weighted by Crippen LogP contribution is -2.39. The van der Waals surface area contributed by atoms with E-state index in [-0.39, 0.29) is 5.91 Å². The fraction of sp³-hybridized carbons (Fsp3) is 0.615. The minimum absolute atomic E-state index is 0.00269. The lowest BCUT2D eigenvalue weighted by atomic mass is 10.00. The third-order valence-corrected chi connectivity index (χ3v) is 3.19. The summed E-state index contributed by atoms with van der Waals surface area (Å²) in [7, 11) is 0. The first kappa shape index (κ1) is 12.8. The lowest BCUT2D eigenvalue weighted by Gasteiger charge is -2.30. The van der Waals surface area contributed by atoms with E-state index in [1.165, 1.54) is 6.42 Å². The van der Waals surface area contributed by atoms with Crippen LogP contribution in [0.3, 0.4) is 0 Å². The van der Waals surface area contributed by atoms with Gasteiger partial charge >= 0.3 is 0 Å². The number of hydrogen-bond donors (Lipinski definition) is 1. The van der Waals surface area contributed by atoms with E-state index in [4.69, 9.17) is 0 Å². The van der Waals surface area contributed by atoms with Gasteiger partial charge in [-0.05, 0) is 37.8 Å². The van der Waals surface area contributed by atoms with Crippen molar-refractivity contribution >= 4 is 11.7 Å². The van der Waals surface area contributed by atoms with Crippen molar-refractivity contribution in [2.24, 2.45) is 5.92 Å². The molecular weight excluding hydrogens is 228 g/mol. The molecule has 1 unspecified atom stereocenters. The Balaban J connectivity index is 2.03. The second-order valence-corrected chi connectivity index (χ2v) is 4.83. The van der Waals surface area contributed by atoms with Crippen LogP contribution >= 0.6 is 0 Å². The molecule has 1 fully saturated rings. The van der Waals surface area contributed by atoms with Gasteiger partial charge in [-0.25, -0.2) is 0 Å². The summed E-state index contributed by atoms with van der Waals surface area (Å²) in [5.74, 6) is 1.29. The Kier molecular flexibility index (Phi) is 4.12. The largest absolute Gasteiger partial charge is 0.369 e.